The van der Waals surface area contributed by atoms with Gasteiger partial charge in [-0.05, 0) is 42.5 Å². The highest BCUT2D eigenvalue weighted by Gasteiger charge is 2.34. The van der Waals surface area contributed by atoms with Crippen molar-refractivity contribution in [1.29, 1.82) is 0 Å². The van der Waals surface area contributed by atoms with Gasteiger partial charge in [-0.25, -0.2) is 0 Å². The van der Waals surface area contributed by atoms with Crippen molar-refractivity contribution in [3.63, 3.8) is 0 Å². The summed E-state index contributed by atoms with van der Waals surface area (Å²) in [5.74, 6) is -0.650. The molecule has 4 rings (SSSR count). The van der Waals surface area contributed by atoms with Crippen LogP contribution in [0.1, 0.15) is 20.7 Å². The minimum absolute atomic E-state index is 0.150. The van der Waals surface area contributed by atoms with Crippen LogP contribution in [0.25, 0.3) is 0 Å². The number of benzene rings is 3. The van der Waals surface area contributed by atoms with Gasteiger partial charge in [0.05, 0.1) is 5.56 Å². The third kappa shape index (κ3) is 3.23. The molecule has 5 nitrogen and oxygen atoms in total. The lowest BCUT2D eigenvalue weighted by molar-refractivity contribution is 0.0977. The lowest BCUT2D eigenvalue weighted by Crippen LogP contribution is -2.30. The molecule has 138 valence electrons. The number of allylic oxidation sites excluding steroid dienone is 2. The highest BCUT2D eigenvalue weighted by atomic mass is 35.5. The standard InChI is InChI=1S/C22H16ClN3O2/c23-13-9-11-15(12-10-13)26-19-20(25-14-5-2-1-3-6-14)22(28)18-16(21(19)27)7-4-8-17(18)24/h1-12,25-26H,24H2. The molecule has 0 heterocycles. The average molecular weight is 390 g/mol. The van der Waals surface area contributed by atoms with Crippen LogP contribution in [-0.4, -0.2) is 11.6 Å². The molecule has 0 unspecified atom stereocenters. The Kier molecular flexibility index (Phi) is 4.59. The van der Waals surface area contributed by atoms with Crippen molar-refractivity contribution in [2.24, 2.45) is 0 Å². The van der Waals surface area contributed by atoms with E-state index < -0.39 is 0 Å². The van der Waals surface area contributed by atoms with Crippen LogP contribution < -0.4 is 16.4 Å². The van der Waals surface area contributed by atoms with Crippen LogP contribution in [0.4, 0.5) is 17.1 Å². The molecule has 3 aromatic carbocycles. The third-order valence-corrected chi connectivity index (χ3v) is 4.68. The first kappa shape index (κ1) is 17.8. The van der Waals surface area contributed by atoms with Gasteiger partial charge in [0.25, 0.3) is 0 Å². The fourth-order valence-corrected chi connectivity index (χ4v) is 3.21. The van der Waals surface area contributed by atoms with E-state index in [1.165, 1.54) is 0 Å². The largest absolute Gasteiger partial charge is 0.398 e. The lowest BCUT2D eigenvalue weighted by Gasteiger charge is -2.24. The molecule has 0 amide bonds. The van der Waals surface area contributed by atoms with Crippen molar-refractivity contribution in [2.75, 3.05) is 16.4 Å². The molecule has 0 aliphatic heterocycles. The highest BCUT2D eigenvalue weighted by molar-refractivity contribution is 6.31. The maximum Gasteiger partial charge on any atom is 0.214 e. The number of rotatable bonds is 4. The summed E-state index contributed by atoms with van der Waals surface area (Å²) in [5, 5.41) is 6.72. The molecule has 0 radical (unpaired) electrons. The lowest BCUT2D eigenvalue weighted by atomic mass is 9.88. The van der Waals surface area contributed by atoms with Crippen molar-refractivity contribution in [1.82, 2.24) is 0 Å². The number of anilines is 3. The number of halogens is 1. The zero-order valence-corrected chi connectivity index (χ0v) is 15.5. The molecule has 0 atom stereocenters. The van der Waals surface area contributed by atoms with Crippen molar-refractivity contribution in [2.45, 2.75) is 0 Å². The van der Waals surface area contributed by atoms with Crippen LogP contribution in [-0.2, 0) is 0 Å². The summed E-state index contributed by atoms with van der Waals surface area (Å²) in [6.07, 6.45) is 0. The van der Waals surface area contributed by atoms with Gasteiger partial charge < -0.3 is 16.4 Å². The molecule has 0 bridgehead atoms. The first-order valence-corrected chi connectivity index (χ1v) is 8.99. The van der Waals surface area contributed by atoms with Gasteiger partial charge in [0.15, 0.2) is 0 Å². The van der Waals surface area contributed by atoms with Gasteiger partial charge in [-0.1, -0.05) is 41.9 Å². The van der Waals surface area contributed by atoms with Gasteiger partial charge >= 0.3 is 0 Å². The Balaban J connectivity index is 1.84. The van der Waals surface area contributed by atoms with Crippen molar-refractivity contribution in [3.8, 4) is 0 Å². The van der Waals surface area contributed by atoms with E-state index in [9.17, 15) is 9.59 Å². The van der Waals surface area contributed by atoms with E-state index in [1.54, 1.807) is 42.5 Å². The van der Waals surface area contributed by atoms with E-state index in [0.29, 0.717) is 16.4 Å². The van der Waals surface area contributed by atoms with Gasteiger partial charge in [0.2, 0.25) is 11.6 Å². The molecular formula is C22H16ClN3O2. The number of hydrogen-bond acceptors (Lipinski definition) is 5. The average Bonchev–Trinajstić information content (AvgIpc) is 2.71. The summed E-state index contributed by atoms with van der Waals surface area (Å²) < 4.78 is 0. The molecule has 0 saturated carbocycles. The topological polar surface area (TPSA) is 84.2 Å². The molecule has 1 aliphatic rings. The van der Waals surface area contributed by atoms with E-state index in [4.69, 9.17) is 17.3 Å². The van der Waals surface area contributed by atoms with E-state index in [-0.39, 0.29) is 39.8 Å². The molecule has 0 saturated heterocycles. The maximum atomic E-state index is 13.2. The fourth-order valence-electron chi connectivity index (χ4n) is 3.08. The Labute approximate surface area is 166 Å². The second-order valence-corrected chi connectivity index (χ2v) is 6.74. The molecule has 4 N–H and O–H groups in total. The van der Waals surface area contributed by atoms with Crippen LogP contribution in [0.2, 0.25) is 5.02 Å². The van der Waals surface area contributed by atoms with Gasteiger partial charge in [-0.2, -0.15) is 0 Å². The fraction of sp³-hybridized carbons (Fsp3) is 0. The number of nitrogen functional groups attached to an aromatic ring is 1. The molecule has 0 aromatic heterocycles. The maximum absolute atomic E-state index is 13.2. The number of carbonyl (C=O) groups is 2. The molecule has 3 aromatic rings. The second kappa shape index (κ2) is 7.21. The molecule has 0 spiro atoms. The Bertz CT molecular complexity index is 1110. The Morgan fingerprint density at radius 1 is 0.679 bits per heavy atom. The van der Waals surface area contributed by atoms with Gasteiger partial charge in [-0.3, -0.25) is 9.59 Å². The smallest absolute Gasteiger partial charge is 0.214 e. The summed E-state index contributed by atoms with van der Waals surface area (Å²) in [7, 11) is 0. The summed E-state index contributed by atoms with van der Waals surface area (Å²) in [4.78, 5) is 26.4. The summed E-state index contributed by atoms with van der Waals surface area (Å²) >= 11 is 5.94. The molecule has 28 heavy (non-hydrogen) atoms. The number of nitrogens with two attached hydrogens (primary N) is 1. The van der Waals surface area contributed by atoms with E-state index in [1.807, 2.05) is 30.3 Å². The number of carbonyl (C=O) groups excluding carboxylic acids is 2. The SMILES string of the molecule is Nc1cccc2c1C(=O)C(Nc1ccccc1)=C(Nc1ccc(Cl)cc1)C2=O. The predicted molar refractivity (Wildman–Crippen MR) is 112 cm³/mol. The Hall–Kier alpha value is -3.57. The number of para-hydroxylation sites is 1. The van der Waals surface area contributed by atoms with Crippen molar-refractivity contribution >= 4 is 40.2 Å². The molecular weight excluding hydrogens is 374 g/mol. The first-order chi connectivity index (χ1) is 13.5. The number of fused-ring (bicyclic) bond motifs is 1. The van der Waals surface area contributed by atoms with Gasteiger partial charge in [-0.15, -0.1) is 0 Å². The van der Waals surface area contributed by atoms with Crippen LogP contribution in [0.5, 0.6) is 0 Å². The Morgan fingerprint density at radius 2 is 1.29 bits per heavy atom. The minimum atomic E-state index is -0.340. The quantitative estimate of drug-likeness (QED) is 0.561. The summed E-state index contributed by atoms with van der Waals surface area (Å²) in [6.45, 7) is 0. The third-order valence-electron chi connectivity index (χ3n) is 4.43. The van der Waals surface area contributed by atoms with Crippen molar-refractivity contribution in [3.05, 3.63) is 100 Å². The normalized spacial score (nSPS) is 13.3. The van der Waals surface area contributed by atoms with Crippen LogP contribution in [0.3, 0.4) is 0 Å². The number of Topliss-reactive ketones (excluding diaryl/α,β-unsaturated/α-hetero) is 2. The Morgan fingerprint density at radius 3 is 1.96 bits per heavy atom. The number of nitrogens with one attached hydrogen (secondary N) is 2. The second-order valence-electron chi connectivity index (χ2n) is 6.30. The van der Waals surface area contributed by atoms with Crippen molar-refractivity contribution < 1.29 is 9.59 Å². The van der Waals surface area contributed by atoms with E-state index in [2.05, 4.69) is 10.6 Å². The zero-order chi connectivity index (χ0) is 19.7. The van der Waals surface area contributed by atoms with E-state index >= 15 is 0 Å². The number of hydrogen-bond donors (Lipinski definition) is 3. The molecule has 1 aliphatic carbocycles. The minimum Gasteiger partial charge on any atom is -0.398 e. The summed E-state index contributed by atoms with van der Waals surface area (Å²) in [5.41, 5.74) is 8.41. The van der Waals surface area contributed by atoms with Crippen LogP contribution in [0, 0.1) is 0 Å². The van der Waals surface area contributed by atoms with Gasteiger partial charge in [0, 0.05) is 27.6 Å². The predicted octanol–water partition coefficient (Wildman–Crippen LogP) is 4.74. The number of ketones is 2. The monoisotopic (exact) mass is 389 g/mol. The first-order valence-electron chi connectivity index (χ1n) is 8.61. The molecule has 6 heteroatoms. The summed E-state index contributed by atoms with van der Waals surface area (Å²) in [6, 6.07) is 20.9. The van der Waals surface area contributed by atoms with Crippen LogP contribution in [0.15, 0.2) is 84.2 Å². The zero-order valence-electron chi connectivity index (χ0n) is 14.7. The highest BCUT2D eigenvalue weighted by Crippen LogP contribution is 2.31. The van der Waals surface area contributed by atoms with Gasteiger partial charge in [0.1, 0.15) is 11.4 Å². The molecule has 0 fully saturated rings. The van der Waals surface area contributed by atoms with E-state index in [0.717, 1.165) is 0 Å². The van der Waals surface area contributed by atoms with Crippen LogP contribution >= 0.6 is 11.6 Å².